The Morgan fingerprint density at radius 1 is 1.06 bits per heavy atom. The third-order valence-electron chi connectivity index (χ3n) is 6.35. The van der Waals surface area contributed by atoms with E-state index in [1.807, 2.05) is 57.6 Å². The molecule has 3 aromatic rings. The SMILES string of the molecule is Cc1cccc(C)c1NC(=O)CN1CCN(C(=O)c2cc(-c3c(C)nn(C)c3C)n[nH]2)CC1. The summed E-state index contributed by atoms with van der Waals surface area (Å²) in [6, 6.07) is 7.76. The van der Waals surface area contributed by atoms with Crippen LogP contribution in [0.1, 0.15) is 33.0 Å². The monoisotopic (exact) mass is 449 g/mol. The van der Waals surface area contributed by atoms with E-state index in [0.717, 1.165) is 39.5 Å². The minimum atomic E-state index is -0.0763. The number of hydrogen-bond donors (Lipinski definition) is 2. The molecule has 9 nitrogen and oxygen atoms in total. The molecule has 4 rings (SSSR count). The fourth-order valence-electron chi connectivity index (χ4n) is 4.38. The molecule has 2 N–H and O–H groups in total. The lowest BCUT2D eigenvalue weighted by molar-refractivity contribution is -0.117. The van der Waals surface area contributed by atoms with Crippen LogP contribution in [0.5, 0.6) is 0 Å². The summed E-state index contributed by atoms with van der Waals surface area (Å²) in [5, 5.41) is 14.7. The first-order valence-corrected chi connectivity index (χ1v) is 11.2. The van der Waals surface area contributed by atoms with Gasteiger partial charge in [-0.15, -0.1) is 0 Å². The number of amides is 2. The third kappa shape index (κ3) is 4.68. The van der Waals surface area contributed by atoms with Gasteiger partial charge in [-0.2, -0.15) is 10.2 Å². The molecule has 0 bridgehead atoms. The van der Waals surface area contributed by atoms with Crippen LogP contribution in [0.4, 0.5) is 5.69 Å². The molecule has 2 amide bonds. The average molecular weight is 450 g/mol. The van der Waals surface area contributed by atoms with Crippen LogP contribution in [0.2, 0.25) is 0 Å². The second-order valence-electron chi connectivity index (χ2n) is 8.72. The summed E-state index contributed by atoms with van der Waals surface area (Å²) in [7, 11) is 1.90. The van der Waals surface area contributed by atoms with Crippen molar-refractivity contribution < 1.29 is 9.59 Å². The topological polar surface area (TPSA) is 99.2 Å². The summed E-state index contributed by atoms with van der Waals surface area (Å²) >= 11 is 0. The van der Waals surface area contributed by atoms with Gasteiger partial charge in [0.2, 0.25) is 5.91 Å². The van der Waals surface area contributed by atoms with Crippen LogP contribution in [-0.2, 0) is 11.8 Å². The largest absolute Gasteiger partial charge is 0.335 e. The average Bonchev–Trinajstić information content (AvgIpc) is 3.35. The van der Waals surface area contributed by atoms with E-state index in [4.69, 9.17) is 0 Å². The maximum absolute atomic E-state index is 13.0. The number of aryl methyl sites for hydroxylation is 4. The van der Waals surface area contributed by atoms with Crippen LogP contribution in [-0.4, -0.2) is 74.3 Å². The van der Waals surface area contributed by atoms with Gasteiger partial charge in [0.15, 0.2) is 0 Å². The maximum Gasteiger partial charge on any atom is 0.271 e. The number of para-hydroxylation sites is 1. The zero-order valence-electron chi connectivity index (χ0n) is 19.9. The first kappa shape index (κ1) is 22.7. The molecule has 0 spiro atoms. The highest BCUT2D eigenvalue weighted by atomic mass is 16.2. The number of nitrogens with one attached hydrogen (secondary N) is 2. The minimum Gasteiger partial charge on any atom is -0.335 e. The van der Waals surface area contributed by atoms with Crippen molar-refractivity contribution in [1.29, 1.82) is 0 Å². The van der Waals surface area contributed by atoms with E-state index in [1.165, 1.54) is 0 Å². The quantitative estimate of drug-likeness (QED) is 0.623. The van der Waals surface area contributed by atoms with Crippen molar-refractivity contribution in [2.45, 2.75) is 27.7 Å². The third-order valence-corrected chi connectivity index (χ3v) is 6.35. The Morgan fingerprint density at radius 3 is 2.33 bits per heavy atom. The Labute approximate surface area is 193 Å². The number of aromatic amines is 1. The molecule has 3 heterocycles. The first-order valence-electron chi connectivity index (χ1n) is 11.2. The second kappa shape index (κ2) is 9.19. The van der Waals surface area contributed by atoms with E-state index in [0.29, 0.717) is 38.4 Å². The lowest BCUT2D eigenvalue weighted by Crippen LogP contribution is -2.50. The summed E-state index contributed by atoms with van der Waals surface area (Å²) in [5.74, 6) is -0.111. The van der Waals surface area contributed by atoms with Gasteiger partial charge in [-0.1, -0.05) is 18.2 Å². The Hall–Kier alpha value is -3.46. The minimum absolute atomic E-state index is 0.0346. The van der Waals surface area contributed by atoms with E-state index in [-0.39, 0.29) is 11.8 Å². The van der Waals surface area contributed by atoms with Crippen LogP contribution >= 0.6 is 0 Å². The highest BCUT2D eigenvalue weighted by Gasteiger charge is 2.25. The van der Waals surface area contributed by atoms with Gasteiger partial charge in [-0.25, -0.2) is 0 Å². The van der Waals surface area contributed by atoms with Crippen LogP contribution in [0, 0.1) is 27.7 Å². The molecule has 0 atom stereocenters. The van der Waals surface area contributed by atoms with Gasteiger partial charge in [-0.3, -0.25) is 24.3 Å². The molecule has 1 fully saturated rings. The van der Waals surface area contributed by atoms with Gasteiger partial charge in [0, 0.05) is 50.2 Å². The van der Waals surface area contributed by atoms with Gasteiger partial charge in [0.05, 0.1) is 17.9 Å². The van der Waals surface area contributed by atoms with Crippen molar-refractivity contribution in [3.63, 3.8) is 0 Å². The number of carbonyl (C=O) groups is 2. The number of nitrogens with zero attached hydrogens (tertiary/aromatic N) is 5. The van der Waals surface area contributed by atoms with Crippen molar-refractivity contribution in [3.8, 4) is 11.3 Å². The molecular formula is C24H31N7O2. The zero-order chi connectivity index (χ0) is 23.7. The number of hydrogen-bond acceptors (Lipinski definition) is 5. The van der Waals surface area contributed by atoms with Gasteiger partial charge in [0.25, 0.3) is 5.91 Å². The molecule has 2 aromatic heterocycles. The summed E-state index contributed by atoms with van der Waals surface area (Å²) in [4.78, 5) is 29.4. The summed E-state index contributed by atoms with van der Waals surface area (Å²) < 4.78 is 1.82. The Morgan fingerprint density at radius 2 is 1.73 bits per heavy atom. The van der Waals surface area contributed by atoms with Crippen molar-refractivity contribution in [1.82, 2.24) is 29.8 Å². The Bertz CT molecular complexity index is 1170. The second-order valence-corrected chi connectivity index (χ2v) is 8.72. The number of H-pyrrole nitrogens is 1. The van der Waals surface area contributed by atoms with Gasteiger partial charge in [0.1, 0.15) is 5.69 Å². The molecule has 0 unspecified atom stereocenters. The molecule has 0 radical (unpaired) electrons. The summed E-state index contributed by atoms with van der Waals surface area (Å²) in [5.41, 5.74) is 7.01. The van der Waals surface area contributed by atoms with Crippen molar-refractivity contribution >= 4 is 17.5 Å². The van der Waals surface area contributed by atoms with E-state index >= 15 is 0 Å². The molecule has 174 valence electrons. The molecule has 9 heteroatoms. The van der Waals surface area contributed by atoms with E-state index in [2.05, 4.69) is 25.5 Å². The summed E-state index contributed by atoms with van der Waals surface area (Å²) in [6.07, 6.45) is 0. The lowest BCUT2D eigenvalue weighted by Gasteiger charge is -2.34. The fraction of sp³-hybridized carbons (Fsp3) is 0.417. The van der Waals surface area contributed by atoms with Gasteiger partial charge in [-0.05, 0) is 44.9 Å². The normalized spacial score (nSPS) is 14.5. The fourth-order valence-corrected chi connectivity index (χ4v) is 4.38. The number of aromatic nitrogens is 4. The van der Waals surface area contributed by atoms with Crippen LogP contribution in [0.25, 0.3) is 11.3 Å². The molecule has 1 aromatic carbocycles. The van der Waals surface area contributed by atoms with Crippen LogP contribution in [0.15, 0.2) is 24.3 Å². The number of anilines is 1. The molecule has 0 saturated carbocycles. The Balaban J connectivity index is 1.33. The molecule has 1 aliphatic rings. The molecule has 33 heavy (non-hydrogen) atoms. The number of rotatable bonds is 5. The molecular weight excluding hydrogens is 418 g/mol. The van der Waals surface area contributed by atoms with E-state index in [1.54, 1.807) is 11.0 Å². The van der Waals surface area contributed by atoms with Crippen LogP contribution in [0.3, 0.4) is 0 Å². The summed E-state index contributed by atoms with van der Waals surface area (Å²) in [6.45, 7) is 10.6. The van der Waals surface area contributed by atoms with Gasteiger partial charge >= 0.3 is 0 Å². The first-order chi connectivity index (χ1) is 15.7. The molecule has 1 aliphatic heterocycles. The van der Waals surface area contributed by atoms with E-state index in [9.17, 15) is 9.59 Å². The lowest BCUT2D eigenvalue weighted by atomic mass is 10.1. The molecule has 0 aliphatic carbocycles. The highest BCUT2D eigenvalue weighted by Crippen LogP contribution is 2.25. The Kier molecular flexibility index (Phi) is 6.33. The van der Waals surface area contributed by atoms with Crippen molar-refractivity contribution in [2.24, 2.45) is 7.05 Å². The standard InChI is InChI=1S/C24H31N7O2/c1-15-7-6-8-16(2)23(15)25-21(32)14-30-9-11-31(12-10-30)24(33)20-13-19(26-27-20)22-17(3)28-29(5)18(22)4/h6-8,13H,9-12,14H2,1-5H3,(H,25,32)(H,26,27). The smallest absolute Gasteiger partial charge is 0.271 e. The van der Waals surface area contributed by atoms with Crippen molar-refractivity contribution in [3.05, 3.63) is 52.5 Å². The predicted molar refractivity (Wildman–Crippen MR) is 127 cm³/mol. The zero-order valence-corrected chi connectivity index (χ0v) is 19.9. The van der Waals surface area contributed by atoms with Crippen LogP contribution < -0.4 is 5.32 Å². The number of carbonyl (C=O) groups excluding carboxylic acids is 2. The number of piperazine rings is 1. The predicted octanol–water partition coefficient (Wildman–Crippen LogP) is 2.44. The van der Waals surface area contributed by atoms with Crippen molar-refractivity contribution in [2.75, 3.05) is 38.0 Å². The number of benzene rings is 1. The molecule has 1 saturated heterocycles. The van der Waals surface area contributed by atoms with Gasteiger partial charge < -0.3 is 10.2 Å². The van der Waals surface area contributed by atoms with E-state index < -0.39 is 0 Å². The highest BCUT2D eigenvalue weighted by molar-refractivity contribution is 5.94. The maximum atomic E-state index is 13.0.